The first-order valence-electron chi connectivity index (χ1n) is 9.32. The molecule has 12 heteroatoms. The van der Waals surface area contributed by atoms with E-state index >= 15 is 0 Å². The maximum Gasteiger partial charge on any atom is 0.289 e. The van der Waals surface area contributed by atoms with Crippen molar-refractivity contribution in [2.24, 2.45) is 0 Å². The molecule has 0 unspecified atom stereocenters. The van der Waals surface area contributed by atoms with Crippen LogP contribution in [0.25, 0.3) is 0 Å². The predicted octanol–water partition coefficient (Wildman–Crippen LogP) is 0.705. The number of para-hydroxylation sites is 1. The number of nitro groups is 1. The Kier molecular flexibility index (Phi) is 8.42. The van der Waals surface area contributed by atoms with Gasteiger partial charge < -0.3 is 15.0 Å². The second-order valence-corrected chi connectivity index (χ2v) is 8.63. The van der Waals surface area contributed by atoms with Gasteiger partial charge in [0.1, 0.15) is 0 Å². The van der Waals surface area contributed by atoms with E-state index in [1.807, 2.05) is 0 Å². The van der Waals surface area contributed by atoms with Crippen molar-refractivity contribution < 1.29 is 27.7 Å². The number of hydrogen-bond acceptors (Lipinski definition) is 8. The fraction of sp³-hybridized carbons (Fsp3) is 0.421. The second kappa shape index (κ2) is 10.6. The third-order valence-electron chi connectivity index (χ3n) is 4.46. The standard InChI is InChI=1S/C19H26N4O7S/c1-5-10-30-23(31(27,28)18-9-7-6-8-16(18)22(25)26)17-12-20-14(13-29-4)11-15(17)19(24)21(2)3/h5-9,11,14,17,20H,1,10,12-13H2,2-4H3/t14-,17-/m0/s1. The van der Waals surface area contributed by atoms with Crippen LogP contribution in [-0.4, -0.2) is 81.7 Å². The van der Waals surface area contributed by atoms with Crippen LogP contribution in [0.4, 0.5) is 5.69 Å². The van der Waals surface area contributed by atoms with Crippen molar-refractivity contribution in [2.75, 3.05) is 41.0 Å². The van der Waals surface area contributed by atoms with Gasteiger partial charge in [0.15, 0.2) is 4.90 Å². The van der Waals surface area contributed by atoms with Gasteiger partial charge in [-0.25, -0.2) is 8.42 Å². The fourth-order valence-electron chi connectivity index (χ4n) is 3.08. The first-order valence-corrected chi connectivity index (χ1v) is 10.8. The molecule has 1 aromatic rings. The highest BCUT2D eigenvalue weighted by Gasteiger charge is 2.42. The number of carbonyl (C=O) groups excluding carboxylic acids is 1. The van der Waals surface area contributed by atoms with Crippen LogP contribution in [0.3, 0.4) is 0 Å². The Morgan fingerprint density at radius 2 is 2.06 bits per heavy atom. The number of benzene rings is 1. The van der Waals surface area contributed by atoms with E-state index in [4.69, 9.17) is 9.57 Å². The van der Waals surface area contributed by atoms with Crippen molar-refractivity contribution in [2.45, 2.75) is 17.0 Å². The summed E-state index contributed by atoms with van der Waals surface area (Å²) in [7, 11) is 0.0573. The largest absolute Gasteiger partial charge is 0.383 e. The first kappa shape index (κ1) is 24.6. The molecule has 1 aromatic carbocycles. The predicted molar refractivity (Wildman–Crippen MR) is 113 cm³/mol. The molecule has 0 radical (unpaired) electrons. The number of nitro benzene ring substituents is 1. The molecule has 1 aliphatic rings. The van der Waals surface area contributed by atoms with Crippen LogP contribution < -0.4 is 5.32 Å². The lowest BCUT2D eigenvalue weighted by Gasteiger charge is -2.36. The van der Waals surface area contributed by atoms with Crippen molar-refractivity contribution in [1.29, 1.82) is 0 Å². The molecule has 0 saturated heterocycles. The number of methoxy groups -OCH3 is 1. The Hall–Kier alpha value is -2.64. The summed E-state index contributed by atoms with van der Waals surface area (Å²) < 4.78 is 32.7. The fourth-order valence-corrected chi connectivity index (χ4v) is 4.66. The van der Waals surface area contributed by atoms with Gasteiger partial charge in [-0.3, -0.25) is 19.7 Å². The number of ether oxygens (including phenoxy) is 1. The molecule has 2 rings (SSSR count). The van der Waals surface area contributed by atoms with Crippen molar-refractivity contribution in [3.05, 3.63) is 58.7 Å². The number of sulfonamides is 1. The first-order chi connectivity index (χ1) is 14.6. The van der Waals surface area contributed by atoms with Crippen LogP contribution in [0.15, 0.2) is 53.5 Å². The molecule has 0 aromatic heterocycles. The number of hydroxylamine groups is 1. The van der Waals surface area contributed by atoms with Gasteiger partial charge in [-0.2, -0.15) is 0 Å². The Labute approximate surface area is 181 Å². The van der Waals surface area contributed by atoms with Crippen LogP contribution in [0.1, 0.15) is 0 Å². The van der Waals surface area contributed by atoms with Gasteiger partial charge in [0.25, 0.3) is 21.6 Å². The average Bonchev–Trinajstić information content (AvgIpc) is 2.74. The van der Waals surface area contributed by atoms with Crippen LogP contribution in [0.5, 0.6) is 0 Å². The van der Waals surface area contributed by atoms with Gasteiger partial charge in [-0.05, 0) is 6.07 Å². The topological polar surface area (TPSA) is 131 Å². The zero-order valence-corrected chi connectivity index (χ0v) is 18.4. The summed E-state index contributed by atoms with van der Waals surface area (Å²) >= 11 is 0. The number of carbonyl (C=O) groups is 1. The van der Waals surface area contributed by atoms with Gasteiger partial charge in [0.2, 0.25) is 0 Å². The normalized spacial score (nSPS) is 19.0. The summed E-state index contributed by atoms with van der Waals surface area (Å²) in [5.74, 6) is -0.419. The second-order valence-electron chi connectivity index (χ2n) is 6.88. The summed E-state index contributed by atoms with van der Waals surface area (Å²) in [6.45, 7) is 3.62. The van der Waals surface area contributed by atoms with Crippen molar-refractivity contribution >= 4 is 21.6 Å². The van der Waals surface area contributed by atoms with E-state index in [0.29, 0.717) is 4.47 Å². The molecule has 0 saturated carbocycles. The number of nitrogens with one attached hydrogen (secondary N) is 1. The molecular formula is C19H26N4O7S. The summed E-state index contributed by atoms with van der Waals surface area (Å²) in [6.07, 6.45) is 2.92. The molecule has 31 heavy (non-hydrogen) atoms. The van der Waals surface area contributed by atoms with Crippen LogP contribution in [-0.2, 0) is 24.4 Å². The Morgan fingerprint density at radius 1 is 1.39 bits per heavy atom. The monoisotopic (exact) mass is 454 g/mol. The number of hydrogen-bond donors (Lipinski definition) is 1. The van der Waals surface area contributed by atoms with Gasteiger partial charge in [0, 0.05) is 45.4 Å². The number of nitrogens with zero attached hydrogens (tertiary/aromatic N) is 3. The Bertz CT molecular complexity index is 962. The summed E-state index contributed by atoms with van der Waals surface area (Å²) in [5.41, 5.74) is -0.433. The lowest BCUT2D eigenvalue weighted by molar-refractivity contribution is -0.387. The molecule has 0 bridgehead atoms. The van der Waals surface area contributed by atoms with Crippen molar-refractivity contribution in [3.63, 3.8) is 0 Å². The van der Waals surface area contributed by atoms with E-state index in [1.165, 1.54) is 30.2 Å². The van der Waals surface area contributed by atoms with Gasteiger partial charge >= 0.3 is 0 Å². The SMILES string of the molecule is C=CCON([C@H]1CN[C@H](COC)C=C1C(=O)N(C)C)S(=O)(=O)c1ccccc1[N+](=O)[O-]. The zero-order valence-electron chi connectivity index (χ0n) is 17.6. The highest BCUT2D eigenvalue weighted by Crippen LogP contribution is 2.30. The Balaban J connectivity index is 2.61. The highest BCUT2D eigenvalue weighted by atomic mass is 32.2. The van der Waals surface area contributed by atoms with E-state index in [-0.39, 0.29) is 31.4 Å². The molecule has 1 amide bonds. The van der Waals surface area contributed by atoms with Gasteiger partial charge in [0.05, 0.1) is 24.2 Å². The minimum Gasteiger partial charge on any atom is -0.383 e. The van der Waals surface area contributed by atoms with Crippen molar-refractivity contribution in [1.82, 2.24) is 14.7 Å². The molecule has 1 aliphatic heterocycles. The van der Waals surface area contributed by atoms with E-state index < -0.39 is 37.5 Å². The number of amides is 1. The molecule has 1 heterocycles. The third-order valence-corrected chi connectivity index (χ3v) is 6.20. The number of likely N-dealkylation sites (N-methyl/N-ethyl adjacent to an activating group) is 1. The van der Waals surface area contributed by atoms with Crippen LogP contribution in [0.2, 0.25) is 0 Å². The Morgan fingerprint density at radius 3 is 2.65 bits per heavy atom. The summed E-state index contributed by atoms with van der Waals surface area (Å²) in [6, 6.07) is 3.56. The molecule has 0 fully saturated rings. The van der Waals surface area contributed by atoms with E-state index in [0.717, 1.165) is 12.1 Å². The summed E-state index contributed by atoms with van der Waals surface area (Å²) in [4.78, 5) is 29.7. The van der Waals surface area contributed by atoms with Crippen molar-refractivity contribution in [3.8, 4) is 0 Å². The lowest BCUT2D eigenvalue weighted by atomic mass is 9.99. The zero-order chi connectivity index (χ0) is 23.2. The molecule has 1 N–H and O–H groups in total. The maximum absolute atomic E-state index is 13.5. The van der Waals surface area contributed by atoms with E-state index in [2.05, 4.69) is 11.9 Å². The lowest BCUT2D eigenvalue weighted by Crippen LogP contribution is -2.54. The van der Waals surface area contributed by atoms with Gasteiger partial charge in [-0.1, -0.05) is 28.8 Å². The van der Waals surface area contributed by atoms with E-state index in [9.17, 15) is 23.3 Å². The van der Waals surface area contributed by atoms with Crippen LogP contribution in [0, 0.1) is 10.1 Å². The molecule has 170 valence electrons. The average molecular weight is 455 g/mol. The number of rotatable bonds is 10. The molecular weight excluding hydrogens is 428 g/mol. The maximum atomic E-state index is 13.5. The minimum atomic E-state index is -4.53. The smallest absolute Gasteiger partial charge is 0.289 e. The molecule has 0 aliphatic carbocycles. The summed E-state index contributed by atoms with van der Waals surface area (Å²) in [5, 5.41) is 14.5. The van der Waals surface area contributed by atoms with Crippen LogP contribution >= 0.6 is 0 Å². The van der Waals surface area contributed by atoms with E-state index in [1.54, 1.807) is 20.2 Å². The third kappa shape index (κ3) is 5.54. The highest BCUT2D eigenvalue weighted by molar-refractivity contribution is 7.89. The molecule has 2 atom stereocenters. The molecule has 11 nitrogen and oxygen atoms in total. The van der Waals surface area contributed by atoms with Gasteiger partial charge in [-0.15, -0.1) is 6.58 Å². The minimum absolute atomic E-state index is 0.0243. The quantitative estimate of drug-likeness (QED) is 0.311. The molecule has 0 spiro atoms.